The van der Waals surface area contributed by atoms with E-state index in [1.807, 2.05) is 0 Å². The van der Waals surface area contributed by atoms with Crippen molar-refractivity contribution in [1.82, 2.24) is 0 Å². The Morgan fingerprint density at radius 2 is 0.562 bits per heavy atom. The molecule has 0 aromatic rings. The topological polar surface area (TPSA) is 0 Å². The molecule has 0 aliphatic rings. The quantitative estimate of drug-likeness (QED) is 0.243. The molecule has 0 heterocycles. The molecule has 0 bridgehead atoms. The fourth-order valence-electron chi connectivity index (χ4n) is 6.26. The van der Waals surface area contributed by atoms with E-state index in [2.05, 4.69) is 134 Å². The predicted octanol–water partition coefficient (Wildman–Crippen LogP) is 10.0. The Bertz CT molecular complexity index is 630. The normalized spacial score (nSPS) is 14.0. The Hall–Kier alpha value is -0.706. The van der Waals surface area contributed by atoms with Crippen LogP contribution in [0.2, 0.25) is 33.2 Å². The Morgan fingerprint density at radius 3 is 0.688 bits per heavy atom. The van der Waals surface area contributed by atoms with Crippen LogP contribution in [0, 0.1) is 34.8 Å². The molecule has 0 saturated heterocycles. The summed E-state index contributed by atoms with van der Waals surface area (Å²) in [4.78, 5) is 0. The van der Waals surface area contributed by atoms with E-state index >= 15 is 0 Å². The second-order valence-electron chi connectivity index (χ2n) is 12.4. The molecule has 0 aromatic carbocycles. The van der Waals surface area contributed by atoms with Gasteiger partial charge in [0.15, 0.2) is 0 Å². The lowest BCUT2D eigenvalue weighted by atomic mass is 9.91. The lowest BCUT2D eigenvalue weighted by Crippen LogP contribution is -2.43. The minimum absolute atomic E-state index is 0.403. The molecule has 0 unspecified atom stereocenters. The molecule has 0 rings (SSSR count). The molecular weight excluding hydrogens is 417 g/mol. The second kappa shape index (κ2) is 12.7. The zero-order valence-corrected chi connectivity index (χ0v) is 26.6. The number of hydrogen-bond donors (Lipinski definition) is 0. The van der Waals surface area contributed by atoms with E-state index in [0.29, 0.717) is 45.1 Å². The molecule has 0 spiro atoms. The maximum absolute atomic E-state index is 3.99. The van der Waals surface area contributed by atoms with Crippen molar-refractivity contribution in [2.75, 3.05) is 0 Å². The number of rotatable bonds is 8. The van der Waals surface area contributed by atoms with Crippen LogP contribution in [0.15, 0.2) is 11.1 Å². The summed E-state index contributed by atoms with van der Waals surface area (Å²) in [6.07, 6.45) is 0. The van der Waals surface area contributed by atoms with E-state index in [1.165, 1.54) is 11.1 Å². The van der Waals surface area contributed by atoms with Gasteiger partial charge in [-0.2, -0.15) is 0 Å². The van der Waals surface area contributed by atoms with Gasteiger partial charge in [0.2, 0.25) is 0 Å². The largest absolute Gasteiger partial charge is 0.146 e. The summed E-state index contributed by atoms with van der Waals surface area (Å²) in [7, 11) is -3.53. The van der Waals surface area contributed by atoms with Crippen LogP contribution in [0.25, 0.3) is 0 Å². The molecule has 2 heteroatoms. The van der Waals surface area contributed by atoms with Crippen molar-refractivity contribution < 1.29 is 0 Å². The Kier molecular flexibility index (Phi) is 12.4. The minimum Gasteiger partial charge on any atom is -0.125 e. The van der Waals surface area contributed by atoms with E-state index in [4.69, 9.17) is 0 Å². The average Bonchev–Trinajstić information content (AvgIpc) is 2.60. The van der Waals surface area contributed by atoms with Gasteiger partial charge in [-0.05, 0) is 45.1 Å². The zero-order chi connectivity index (χ0) is 25.6. The van der Waals surface area contributed by atoms with Gasteiger partial charge in [-0.1, -0.05) is 123 Å². The smallest absolute Gasteiger partial charge is 0.125 e. The van der Waals surface area contributed by atoms with Crippen molar-refractivity contribution in [2.24, 2.45) is 11.8 Å². The number of hydrogen-bond acceptors (Lipinski definition) is 0. The van der Waals surface area contributed by atoms with Crippen LogP contribution in [0.3, 0.4) is 0 Å². The first-order valence-corrected chi connectivity index (χ1v) is 17.8. The van der Waals surface area contributed by atoms with Crippen molar-refractivity contribution >= 4 is 16.1 Å². The summed E-state index contributed by atoms with van der Waals surface area (Å²) >= 11 is 0. The van der Waals surface area contributed by atoms with E-state index in [9.17, 15) is 0 Å². The SMILES string of the molecule is CC(C)/C(C#C[Si](C(C)C)(C(C)C)C(C)C)=C(\C#C[Si](C(C)C)(C(C)C)C(C)C)C(C)C. The van der Waals surface area contributed by atoms with Crippen molar-refractivity contribution in [3.63, 3.8) is 0 Å². The van der Waals surface area contributed by atoms with E-state index in [1.54, 1.807) is 0 Å². The maximum Gasteiger partial charge on any atom is 0.146 e. The monoisotopic (exact) mass is 472 g/mol. The highest BCUT2D eigenvalue weighted by atomic mass is 28.3. The van der Waals surface area contributed by atoms with Crippen molar-refractivity contribution in [1.29, 1.82) is 0 Å². The summed E-state index contributed by atoms with van der Waals surface area (Å²) in [5.74, 6) is 8.43. The van der Waals surface area contributed by atoms with Gasteiger partial charge < -0.3 is 0 Å². The standard InChI is InChI=1S/C30H56Si2/c1-21(2)29(17-19-31(23(5)6,24(7)8)25(9)10)30(22(3)4)18-20-32(26(11)12,27(13)14)28(15)16/h21-28H,1-16H3/b30-29+. The molecule has 0 atom stereocenters. The molecule has 0 radical (unpaired) electrons. The highest BCUT2D eigenvalue weighted by Gasteiger charge is 2.42. The van der Waals surface area contributed by atoms with Gasteiger partial charge in [0.25, 0.3) is 0 Å². The predicted molar refractivity (Wildman–Crippen MR) is 154 cm³/mol. The van der Waals surface area contributed by atoms with Gasteiger partial charge in [0.05, 0.1) is 0 Å². The van der Waals surface area contributed by atoms with Gasteiger partial charge in [0.1, 0.15) is 16.1 Å². The summed E-state index contributed by atoms with van der Waals surface area (Å²) in [6.45, 7) is 38.0. The molecule has 0 N–H and O–H groups in total. The highest BCUT2D eigenvalue weighted by Crippen LogP contribution is 2.42. The highest BCUT2D eigenvalue weighted by molar-refractivity contribution is 6.91. The van der Waals surface area contributed by atoms with Crippen LogP contribution >= 0.6 is 0 Å². The van der Waals surface area contributed by atoms with Crippen LogP contribution in [-0.4, -0.2) is 16.1 Å². The lowest BCUT2D eigenvalue weighted by molar-refractivity contribution is 0.732. The van der Waals surface area contributed by atoms with E-state index < -0.39 is 16.1 Å². The fraction of sp³-hybridized carbons (Fsp3) is 0.800. The third-order valence-electron chi connectivity index (χ3n) is 8.00. The summed E-state index contributed by atoms with van der Waals surface area (Å²) < 4.78 is 0. The Balaban J connectivity index is 7.12. The lowest BCUT2D eigenvalue weighted by Gasteiger charge is -2.38. The van der Waals surface area contributed by atoms with Crippen LogP contribution in [0.5, 0.6) is 0 Å². The summed E-state index contributed by atoms with van der Waals surface area (Å²) in [5, 5.41) is 0. The van der Waals surface area contributed by atoms with Gasteiger partial charge in [-0.15, -0.1) is 11.1 Å². The van der Waals surface area contributed by atoms with Crippen molar-refractivity contribution in [3.05, 3.63) is 11.1 Å². The maximum atomic E-state index is 3.99. The van der Waals surface area contributed by atoms with Gasteiger partial charge in [-0.3, -0.25) is 0 Å². The van der Waals surface area contributed by atoms with Crippen molar-refractivity contribution in [3.8, 4) is 22.9 Å². The molecule has 0 aliphatic heterocycles. The second-order valence-corrected chi connectivity index (χ2v) is 23.6. The van der Waals surface area contributed by atoms with E-state index in [-0.39, 0.29) is 0 Å². The van der Waals surface area contributed by atoms with Gasteiger partial charge in [0, 0.05) is 11.1 Å². The summed E-state index contributed by atoms with van der Waals surface area (Å²) in [5.41, 5.74) is 14.5. The molecule has 184 valence electrons. The fourth-order valence-corrected chi connectivity index (χ4v) is 16.7. The van der Waals surface area contributed by atoms with Crippen LogP contribution in [-0.2, 0) is 0 Å². The molecule has 0 amide bonds. The van der Waals surface area contributed by atoms with Crippen LogP contribution in [0.1, 0.15) is 111 Å². The zero-order valence-electron chi connectivity index (χ0n) is 24.6. The molecule has 0 aromatic heterocycles. The first-order valence-electron chi connectivity index (χ1n) is 13.3. The number of allylic oxidation sites excluding steroid dienone is 2. The third kappa shape index (κ3) is 6.67. The van der Waals surface area contributed by atoms with Crippen LogP contribution in [0.4, 0.5) is 0 Å². The molecule has 0 fully saturated rings. The Morgan fingerprint density at radius 1 is 0.375 bits per heavy atom. The minimum atomic E-state index is -1.76. The Labute approximate surface area is 205 Å². The van der Waals surface area contributed by atoms with Crippen LogP contribution < -0.4 is 0 Å². The molecule has 32 heavy (non-hydrogen) atoms. The molecule has 0 aliphatic carbocycles. The van der Waals surface area contributed by atoms with Gasteiger partial charge in [-0.25, -0.2) is 0 Å². The molecule has 0 saturated carbocycles. The first-order chi connectivity index (χ1) is 14.5. The molecule has 0 nitrogen and oxygen atoms in total. The summed E-state index contributed by atoms with van der Waals surface area (Å²) in [6, 6.07) is 0. The van der Waals surface area contributed by atoms with E-state index in [0.717, 1.165) is 0 Å². The van der Waals surface area contributed by atoms with Crippen molar-refractivity contribution in [2.45, 2.75) is 144 Å². The first kappa shape index (κ1) is 31.3. The average molecular weight is 473 g/mol. The molecular formula is C30H56Si2. The van der Waals surface area contributed by atoms with Gasteiger partial charge >= 0.3 is 0 Å². The third-order valence-corrected chi connectivity index (χ3v) is 20.6.